The minimum Gasteiger partial charge on any atom is -0.321 e. The summed E-state index contributed by atoms with van der Waals surface area (Å²) in [5.74, 6) is 1.37. The molecule has 1 saturated carbocycles. The molecule has 50 heavy (non-hydrogen) atoms. The maximum atomic E-state index is 2.90. The summed E-state index contributed by atoms with van der Waals surface area (Å²) < 4.78 is 2.61. The van der Waals surface area contributed by atoms with Gasteiger partial charge in [-0.25, -0.2) is 0 Å². The molecule has 0 saturated heterocycles. The second-order valence-corrected chi connectivity index (χ2v) is 15.9. The van der Waals surface area contributed by atoms with Crippen LogP contribution in [0.5, 0.6) is 0 Å². The van der Waals surface area contributed by atoms with Crippen LogP contribution in [0.3, 0.4) is 0 Å². The SMILES string of the molecule is CC12CCCCC1(C)N1c3c2ccc2c3B(c3ccccc3C23c2ccccc2-c2ccccc23)c2c1n(-c1ccccc1)c1ccccc21. The molecule has 3 aliphatic heterocycles. The van der Waals surface area contributed by atoms with Gasteiger partial charge in [0.15, 0.2) is 0 Å². The molecule has 4 heterocycles. The zero-order chi connectivity index (χ0) is 33.0. The van der Waals surface area contributed by atoms with Crippen LogP contribution in [-0.4, -0.2) is 16.8 Å². The van der Waals surface area contributed by atoms with E-state index in [1.807, 2.05) is 0 Å². The first-order valence-corrected chi connectivity index (χ1v) is 18.5. The molecule has 7 aromatic rings. The van der Waals surface area contributed by atoms with E-state index in [0.29, 0.717) is 0 Å². The molecule has 0 N–H and O–H groups in total. The highest BCUT2D eigenvalue weighted by molar-refractivity contribution is 7.00. The van der Waals surface area contributed by atoms with Crippen LogP contribution in [0, 0.1) is 0 Å². The quantitative estimate of drug-likeness (QED) is 0.163. The zero-order valence-electron chi connectivity index (χ0n) is 28.6. The fourth-order valence-corrected chi connectivity index (χ4v) is 11.9. The van der Waals surface area contributed by atoms with Gasteiger partial charge in [0.25, 0.3) is 0 Å². The van der Waals surface area contributed by atoms with Gasteiger partial charge in [0.2, 0.25) is 6.71 Å². The standard InChI is InChI=1S/C47H37BN2/c1-45-28-14-15-29-46(45,2)50-43-38(45)27-26-37-42(43)48(41-33-20-8-13-25-40(33)49(44(41)50)30-16-4-3-5-17-30)39-24-12-11-23-36(39)47(37)34-21-9-6-18-31(34)32-19-7-10-22-35(32)47/h3-13,16-27H,14-15,28-29H2,1-2H3. The lowest BCUT2D eigenvalue weighted by Crippen LogP contribution is -2.67. The normalized spacial score (nSPS) is 22.5. The Kier molecular flexibility index (Phi) is 5.00. The molecule has 6 aromatic carbocycles. The van der Waals surface area contributed by atoms with Crippen LogP contribution < -0.4 is 21.3 Å². The first kappa shape index (κ1) is 27.5. The lowest BCUT2D eigenvalue weighted by atomic mass is 9.29. The van der Waals surface area contributed by atoms with Crippen molar-refractivity contribution in [3.8, 4) is 16.8 Å². The molecular formula is C47H37BN2. The van der Waals surface area contributed by atoms with Crippen molar-refractivity contribution in [1.82, 2.24) is 4.57 Å². The van der Waals surface area contributed by atoms with Gasteiger partial charge in [-0.3, -0.25) is 4.57 Å². The molecular weight excluding hydrogens is 603 g/mol. The number of fused-ring (bicyclic) bond motifs is 17. The Bertz CT molecular complexity index is 2570. The lowest BCUT2D eigenvalue weighted by molar-refractivity contribution is 0.194. The van der Waals surface area contributed by atoms with E-state index in [4.69, 9.17) is 0 Å². The van der Waals surface area contributed by atoms with E-state index in [0.717, 1.165) is 0 Å². The van der Waals surface area contributed by atoms with Gasteiger partial charge in [0, 0.05) is 16.8 Å². The monoisotopic (exact) mass is 640 g/mol. The van der Waals surface area contributed by atoms with Gasteiger partial charge in [0.05, 0.1) is 16.5 Å². The fourth-order valence-electron chi connectivity index (χ4n) is 11.9. The van der Waals surface area contributed by atoms with Gasteiger partial charge in [-0.05, 0) is 93.2 Å². The second-order valence-electron chi connectivity index (χ2n) is 15.9. The summed E-state index contributed by atoms with van der Waals surface area (Å²) in [6.45, 7) is 5.32. The Labute approximate surface area is 294 Å². The van der Waals surface area contributed by atoms with Crippen LogP contribution in [0.2, 0.25) is 0 Å². The Morgan fingerprint density at radius 1 is 0.540 bits per heavy atom. The van der Waals surface area contributed by atoms with Crippen LogP contribution in [0.1, 0.15) is 67.3 Å². The Hall–Kier alpha value is -5.28. The number of benzene rings is 6. The number of anilines is 2. The first-order valence-electron chi connectivity index (χ1n) is 18.5. The first-order chi connectivity index (χ1) is 24.6. The van der Waals surface area contributed by atoms with E-state index in [9.17, 15) is 0 Å². The van der Waals surface area contributed by atoms with Crippen molar-refractivity contribution in [3.05, 3.63) is 167 Å². The second kappa shape index (κ2) is 9.09. The summed E-state index contributed by atoms with van der Waals surface area (Å²) in [5.41, 5.74) is 18.1. The Balaban J connectivity index is 1.31. The average molecular weight is 641 g/mol. The van der Waals surface area contributed by atoms with Crippen molar-refractivity contribution < 1.29 is 0 Å². The van der Waals surface area contributed by atoms with Gasteiger partial charge in [-0.2, -0.15) is 0 Å². The maximum Gasteiger partial charge on any atom is 0.250 e. The van der Waals surface area contributed by atoms with E-state index in [1.165, 1.54) is 104 Å². The van der Waals surface area contributed by atoms with E-state index in [-0.39, 0.29) is 23.1 Å². The summed E-state index contributed by atoms with van der Waals surface area (Å²) in [4.78, 5) is 2.90. The zero-order valence-corrected chi connectivity index (χ0v) is 28.6. The summed E-state index contributed by atoms with van der Waals surface area (Å²) in [6, 6.07) is 53.5. The van der Waals surface area contributed by atoms with Crippen LogP contribution in [0.15, 0.2) is 140 Å². The number of hydrogen-bond acceptors (Lipinski definition) is 1. The predicted octanol–water partition coefficient (Wildman–Crippen LogP) is 8.88. The highest BCUT2D eigenvalue weighted by atomic mass is 15.3. The minimum atomic E-state index is -0.388. The van der Waals surface area contributed by atoms with Gasteiger partial charge < -0.3 is 4.90 Å². The van der Waals surface area contributed by atoms with Crippen molar-refractivity contribution in [1.29, 1.82) is 0 Å². The summed E-state index contributed by atoms with van der Waals surface area (Å²) >= 11 is 0. The average Bonchev–Trinajstić information content (AvgIpc) is 3.73. The molecule has 0 radical (unpaired) electrons. The number of hydrogen-bond donors (Lipinski definition) is 0. The fraction of sp³-hybridized carbons (Fsp3) is 0.191. The summed E-state index contributed by atoms with van der Waals surface area (Å²) in [6.07, 6.45) is 4.93. The third-order valence-corrected chi connectivity index (χ3v) is 14.0. The molecule has 0 amide bonds. The molecule has 2 unspecified atom stereocenters. The molecule has 1 aromatic heterocycles. The number of rotatable bonds is 1. The molecule has 238 valence electrons. The van der Waals surface area contributed by atoms with E-state index in [2.05, 4.69) is 163 Å². The summed E-state index contributed by atoms with van der Waals surface area (Å²) in [7, 11) is 0. The number of nitrogens with zero attached hydrogens (tertiary/aromatic N) is 2. The van der Waals surface area contributed by atoms with E-state index < -0.39 is 0 Å². The third-order valence-electron chi connectivity index (χ3n) is 14.0. The van der Waals surface area contributed by atoms with Gasteiger partial charge >= 0.3 is 0 Å². The predicted molar refractivity (Wildman–Crippen MR) is 208 cm³/mol. The number of aromatic nitrogens is 1. The molecule has 3 heteroatoms. The topological polar surface area (TPSA) is 8.17 Å². The van der Waals surface area contributed by atoms with Crippen molar-refractivity contribution in [3.63, 3.8) is 0 Å². The molecule has 2 nitrogen and oxygen atoms in total. The van der Waals surface area contributed by atoms with Crippen LogP contribution in [-0.2, 0) is 10.8 Å². The minimum absolute atomic E-state index is 0.0371. The smallest absolute Gasteiger partial charge is 0.250 e. The number of para-hydroxylation sites is 2. The Morgan fingerprint density at radius 3 is 1.94 bits per heavy atom. The maximum absolute atomic E-state index is 2.90. The van der Waals surface area contributed by atoms with Crippen LogP contribution in [0.4, 0.5) is 11.5 Å². The van der Waals surface area contributed by atoms with Crippen LogP contribution >= 0.6 is 0 Å². The lowest BCUT2D eigenvalue weighted by Gasteiger charge is -2.52. The molecule has 5 aliphatic rings. The van der Waals surface area contributed by atoms with Crippen molar-refractivity contribution >= 4 is 45.5 Å². The van der Waals surface area contributed by atoms with Crippen molar-refractivity contribution in [2.45, 2.75) is 55.9 Å². The molecule has 1 spiro atoms. The summed E-state index contributed by atoms with van der Waals surface area (Å²) in [5, 5.41) is 1.37. The highest BCUT2D eigenvalue weighted by Crippen LogP contribution is 2.64. The highest BCUT2D eigenvalue weighted by Gasteiger charge is 2.64. The Morgan fingerprint density at radius 2 is 1.16 bits per heavy atom. The van der Waals surface area contributed by atoms with Crippen LogP contribution in [0.25, 0.3) is 27.7 Å². The van der Waals surface area contributed by atoms with Crippen molar-refractivity contribution in [2.75, 3.05) is 4.90 Å². The molecule has 2 aliphatic carbocycles. The molecule has 1 fully saturated rings. The molecule has 0 bridgehead atoms. The van der Waals surface area contributed by atoms with Crippen molar-refractivity contribution in [2.24, 2.45) is 0 Å². The van der Waals surface area contributed by atoms with E-state index in [1.54, 1.807) is 5.56 Å². The molecule has 12 rings (SSSR count). The van der Waals surface area contributed by atoms with E-state index >= 15 is 0 Å². The van der Waals surface area contributed by atoms with Gasteiger partial charge in [-0.1, -0.05) is 147 Å². The third kappa shape index (κ3) is 2.84. The largest absolute Gasteiger partial charge is 0.321 e. The van der Waals surface area contributed by atoms with Gasteiger partial charge in [0.1, 0.15) is 5.82 Å². The molecule has 2 atom stereocenters. The van der Waals surface area contributed by atoms with Gasteiger partial charge in [-0.15, -0.1) is 0 Å².